The average molecular weight is 302 g/mol. The van der Waals surface area contributed by atoms with Gasteiger partial charge in [-0.1, -0.05) is 66.2 Å². The number of H-pyrrole nitrogens is 1. The van der Waals surface area contributed by atoms with Gasteiger partial charge in [0.1, 0.15) is 0 Å². The minimum atomic E-state index is 0.0997. The third-order valence-corrected chi connectivity index (χ3v) is 4.64. The van der Waals surface area contributed by atoms with Crippen LogP contribution >= 0.6 is 15.9 Å². The zero-order valence-corrected chi connectivity index (χ0v) is 12.2. The SMILES string of the molecule is CC(C)(c1ccc2c(Br)cc[nH]c1-2)C1C=CC=C1. The van der Waals surface area contributed by atoms with Crippen LogP contribution < -0.4 is 0 Å². The molecule has 0 radical (unpaired) electrons. The normalized spacial score (nSPS) is 15.9. The number of hydrogen-bond donors (Lipinski definition) is 1. The Bertz CT molecular complexity index is 592. The van der Waals surface area contributed by atoms with Crippen LogP contribution in [0.1, 0.15) is 19.4 Å². The van der Waals surface area contributed by atoms with Crippen molar-refractivity contribution in [1.29, 1.82) is 0 Å². The summed E-state index contributed by atoms with van der Waals surface area (Å²) in [6, 6.07) is 6.48. The molecule has 3 aliphatic rings. The van der Waals surface area contributed by atoms with Gasteiger partial charge in [-0.2, -0.15) is 0 Å². The number of nitrogens with one attached hydrogen (secondary N) is 1. The van der Waals surface area contributed by atoms with Gasteiger partial charge in [-0.15, -0.1) is 0 Å². The standard InChI is InChI=1S/C16H16BrN/c1-16(2,11-5-3-4-6-11)13-8-7-12-14(17)9-10-18-15(12)13/h3-11,18H,1-2H3. The Labute approximate surface area is 116 Å². The van der Waals surface area contributed by atoms with E-state index in [1.54, 1.807) is 0 Å². The molecule has 0 aromatic heterocycles. The predicted molar refractivity (Wildman–Crippen MR) is 79.9 cm³/mol. The molecule has 0 amide bonds. The molecule has 0 atom stereocenters. The van der Waals surface area contributed by atoms with E-state index in [2.05, 4.69) is 77.3 Å². The minimum Gasteiger partial charge on any atom is -0.361 e. The summed E-state index contributed by atoms with van der Waals surface area (Å²) < 4.78 is 1.15. The molecule has 18 heavy (non-hydrogen) atoms. The van der Waals surface area contributed by atoms with Gasteiger partial charge in [-0.25, -0.2) is 0 Å². The van der Waals surface area contributed by atoms with Crippen molar-refractivity contribution in [1.82, 2.24) is 4.98 Å². The van der Waals surface area contributed by atoms with Gasteiger partial charge >= 0.3 is 0 Å². The van der Waals surface area contributed by atoms with E-state index in [0.717, 1.165) is 4.47 Å². The number of fused-ring (bicyclic) bond motifs is 1. The summed E-state index contributed by atoms with van der Waals surface area (Å²) >= 11 is 3.61. The molecule has 0 unspecified atom stereocenters. The largest absolute Gasteiger partial charge is 0.361 e. The van der Waals surface area contributed by atoms with E-state index in [-0.39, 0.29) is 5.41 Å². The quantitative estimate of drug-likeness (QED) is 0.812. The van der Waals surface area contributed by atoms with Crippen molar-refractivity contribution in [3.8, 4) is 11.3 Å². The summed E-state index contributed by atoms with van der Waals surface area (Å²) in [6.07, 6.45) is 10.8. The van der Waals surface area contributed by atoms with Crippen LogP contribution in [0.3, 0.4) is 0 Å². The first kappa shape index (κ1) is 11.8. The zero-order chi connectivity index (χ0) is 12.8. The minimum absolute atomic E-state index is 0.0997. The van der Waals surface area contributed by atoms with E-state index in [4.69, 9.17) is 0 Å². The van der Waals surface area contributed by atoms with Gasteiger partial charge in [0.25, 0.3) is 0 Å². The third-order valence-electron chi connectivity index (χ3n) is 3.95. The molecule has 92 valence electrons. The van der Waals surface area contributed by atoms with E-state index >= 15 is 0 Å². The van der Waals surface area contributed by atoms with Crippen molar-refractivity contribution < 1.29 is 0 Å². The van der Waals surface area contributed by atoms with E-state index in [9.17, 15) is 0 Å². The van der Waals surface area contributed by atoms with Crippen molar-refractivity contribution >= 4 is 15.9 Å². The van der Waals surface area contributed by atoms with E-state index in [1.807, 2.05) is 6.20 Å². The predicted octanol–water partition coefficient (Wildman–Crippen LogP) is 4.90. The summed E-state index contributed by atoms with van der Waals surface area (Å²) in [5, 5.41) is 0. The smallest absolute Gasteiger partial charge is 0.0503 e. The zero-order valence-electron chi connectivity index (χ0n) is 10.6. The lowest BCUT2D eigenvalue weighted by atomic mass is 9.74. The van der Waals surface area contributed by atoms with Crippen LogP contribution in [-0.2, 0) is 5.41 Å². The van der Waals surface area contributed by atoms with Crippen molar-refractivity contribution in [3.63, 3.8) is 0 Å². The van der Waals surface area contributed by atoms with Gasteiger partial charge in [0.15, 0.2) is 0 Å². The van der Waals surface area contributed by atoms with E-state index in [1.165, 1.54) is 16.8 Å². The van der Waals surface area contributed by atoms with Crippen LogP contribution in [0.5, 0.6) is 0 Å². The lowest BCUT2D eigenvalue weighted by Crippen LogP contribution is -2.25. The molecule has 0 bridgehead atoms. The first-order chi connectivity index (χ1) is 8.60. The van der Waals surface area contributed by atoms with Gasteiger partial charge in [0.2, 0.25) is 0 Å². The molecule has 1 nitrogen and oxygen atoms in total. The summed E-state index contributed by atoms with van der Waals surface area (Å²) in [7, 11) is 0. The number of aromatic amines is 1. The third kappa shape index (κ3) is 1.67. The van der Waals surface area contributed by atoms with Crippen molar-refractivity contribution in [3.05, 3.63) is 58.7 Å². The van der Waals surface area contributed by atoms with Crippen LogP contribution in [0.25, 0.3) is 11.3 Å². The highest BCUT2D eigenvalue weighted by Crippen LogP contribution is 2.43. The second kappa shape index (κ2) is 4.13. The maximum Gasteiger partial charge on any atom is 0.0503 e. The van der Waals surface area contributed by atoms with Gasteiger partial charge in [0.05, 0.1) is 5.69 Å². The van der Waals surface area contributed by atoms with E-state index in [0.29, 0.717) is 5.92 Å². The van der Waals surface area contributed by atoms with Crippen LogP contribution in [0.15, 0.2) is 53.2 Å². The van der Waals surface area contributed by atoms with Crippen LogP contribution in [-0.4, -0.2) is 4.98 Å². The van der Waals surface area contributed by atoms with E-state index < -0.39 is 0 Å². The molecular weight excluding hydrogens is 286 g/mol. The van der Waals surface area contributed by atoms with Gasteiger partial charge in [-0.3, -0.25) is 0 Å². The Balaban J connectivity index is 2.11. The molecule has 2 aliphatic carbocycles. The maximum absolute atomic E-state index is 3.61. The number of pyridine rings is 1. The first-order valence-electron chi connectivity index (χ1n) is 6.22. The number of rotatable bonds is 2. The van der Waals surface area contributed by atoms with Gasteiger partial charge in [-0.05, 0) is 11.6 Å². The van der Waals surface area contributed by atoms with Crippen molar-refractivity contribution in [2.75, 3.05) is 0 Å². The fourth-order valence-corrected chi connectivity index (χ4v) is 3.21. The highest BCUT2D eigenvalue weighted by Gasteiger charge is 2.32. The Kier molecular flexibility index (Phi) is 2.70. The van der Waals surface area contributed by atoms with Crippen LogP contribution in [0.2, 0.25) is 0 Å². The number of halogens is 1. The molecular formula is C16H16BrN. The van der Waals surface area contributed by atoms with Crippen LogP contribution in [0, 0.1) is 5.92 Å². The number of aromatic nitrogens is 1. The number of allylic oxidation sites excluding steroid dienone is 4. The number of hydrogen-bond acceptors (Lipinski definition) is 0. The Morgan fingerprint density at radius 2 is 1.83 bits per heavy atom. The van der Waals surface area contributed by atoms with Gasteiger partial charge < -0.3 is 4.98 Å². The summed E-state index contributed by atoms with van der Waals surface area (Å²) in [6.45, 7) is 4.61. The second-order valence-electron chi connectivity index (χ2n) is 5.38. The Morgan fingerprint density at radius 1 is 1.11 bits per heavy atom. The molecule has 0 saturated heterocycles. The van der Waals surface area contributed by atoms with Crippen LogP contribution in [0.4, 0.5) is 0 Å². The average Bonchev–Trinajstić information content (AvgIpc) is 2.99. The molecule has 0 spiro atoms. The summed E-state index contributed by atoms with van der Waals surface area (Å²) in [4.78, 5) is 3.39. The maximum atomic E-state index is 3.61. The molecule has 2 heteroatoms. The van der Waals surface area contributed by atoms with Gasteiger partial charge in [0, 0.05) is 27.6 Å². The molecule has 0 aromatic carbocycles. The second-order valence-corrected chi connectivity index (χ2v) is 6.23. The summed E-state index contributed by atoms with van der Waals surface area (Å²) in [5.74, 6) is 0.468. The fraction of sp³-hybridized carbons (Fsp3) is 0.250. The molecule has 1 N–H and O–H groups in total. The molecule has 1 aliphatic heterocycles. The summed E-state index contributed by atoms with van der Waals surface area (Å²) in [5.41, 5.74) is 3.97. The monoisotopic (exact) mass is 301 g/mol. The molecule has 0 saturated carbocycles. The fourth-order valence-electron chi connectivity index (χ4n) is 2.75. The molecule has 0 aromatic rings. The Hall–Kier alpha value is -1.28. The highest BCUT2D eigenvalue weighted by molar-refractivity contribution is 9.10. The van der Waals surface area contributed by atoms with Crippen molar-refractivity contribution in [2.45, 2.75) is 19.3 Å². The highest BCUT2D eigenvalue weighted by atomic mass is 79.9. The topological polar surface area (TPSA) is 15.8 Å². The molecule has 0 fully saturated rings. The van der Waals surface area contributed by atoms with Crippen molar-refractivity contribution in [2.24, 2.45) is 5.92 Å². The molecule has 1 heterocycles. The molecule has 3 rings (SSSR count). The lowest BCUT2D eigenvalue weighted by Gasteiger charge is -2.30. The Morgan fingerprint density at radius 3 is 2.56 bits per heavy atom. The lowest BCUT2D eigenvalue weighted by molar-refractivity contribution is 0.449. The first-order valence-corrected chi connectivity index (χ1v) is 7.01.